The van der Waals surface area contributed by atoms with E-state index in [1.165, 1.54) is 34.9 Å². The molecule has 1 aromatic heterocycles. The summed E-state index contributed by atoms with van der Waals surface area (Å²) in [6, 6.07) is 10.2. The molecule has 0 bridgehead atoms. The van der Waals surface area contributed by atoms with E-state index < -0.39 is 17.7 Å². The van der Waals surface area contributed by atoms with Crippen molar-refractivity contribution in [1.82, 2.24) is 4.57 Å². The van der Waals surface area contributed by atoms with Crippen molar-refractivity contribution in [1.29, 1.82) is 0 Å². The smallest absolute Gasteiger partial charge is 0.335 e. The van der Waals surface area contributed by atoms with Gasteiger partial charge >= 0.3 is 5.97 Å². The molecule has 0 spiro atoms. The first-order valence-corrected chi connectivity index (χ1v) is 9.72. The Labute approximate surface area is 171 Å². The zero-order chi connectivity index (χ0) is 21.0. The van der Waals surface area contributed by atoms with Gasteiger partial charge in [0.05, 0.1) is 11.1 Å². The Hall–Kier alpha value is -3.79. The van der Waals surface area contributed by atoms with E-state index in [0.29, 0.717) is 21.7 Å². The van der Waals surface area contributed by atoms with Crippen molar-refractivity contribution in [3.05, 3.63) is 79.1 Å². The van der Waals surface area contributed by atoms with Crippen LogP contribution in [0.1, 0.15) is 15.9 Å². The molecule has 2 aliphatic rings. The van der Waals surface area contributed by atoms with Crippen LogP contribution in [0.2, 0.25) is 0 Å². The Bertz CT molecular complexity index is 1410. The molecule has 0 saturated heterocycles. The van der Waals surface area contributed by atoms with Gasteiger partial charge < -0.3 is 15.3 Å². The number of carboxylic acids is 1. The number of benzene rings is 2. The van der Waals surface area contributed by atoms with Crippen LogP contribution in [0.4, 0.5) is 15.8 Å². The van der Waals surface area contributed by atoms with Crippen LogP contribution in [-0.4, -0.2) is 28.2 Å². The number of fused-ring (bicyclic) bond motifs is 2. The number of rotatable bonds is 2. The van der Waals surface area contributed by atoms with E-state index in [1.54, 1.807) is 12.1 Å². The third kappa shape index (κ3) is 2.80. The highest BCUT2D eigenvalue weighted by Crippen LogP contribution is 2.30. The predicted octanol–water partition coefficient (Wildman–Crippen LogP) is 0.953. The normalized spacial score (nSPS) is 16.6. The van der Waals surface area contributed by atoms with Crippen LogP contribution in [0.15, 0.2) is 52.3 Å². The summed E-state index contributed by atoms with van der Waals surface area (Å²) >= 11 is 1.10. The molecule has 1 amide bonds. The highest BCUT2D eigenvalue weighted by atomic mass is 32.1. The number of hydrogen-bond acceptors (Lipinski definition) is 6. The summed E-state index contributed by atoms with van der Waals surface area (Å²) in [7, 11) is 0. The number of carboxylic acid groups (broad SMARTS) is 1. The molecule has 30 heavy (non-hydrogen) atoms. The minimum Gasteiger partial charge on any atom is -0.478 e. The second-order valence-electron chi connectivity index (χ2n) is 6.80. The molecule has 0 fully saturated rings. The number of anilines is 2. The Balaban J connectivity index is 1.59. The van der Waals surface area contributed by atoms with Crippen LogP contribution in [0.3, 0.4) is 0 Å². The lowest BCUT2D eigenvalue weighted by atomic mass is 10.1. The number of thiazole rings is 1. The molecule has 8 nitrogen and oxygen atoms in total. The van der Waals surface area contributed by atoms with Crippen molar-refractivity contribution in [2.24, 2.45) is 4.99 Å². The van der Waals surface area contributed by atoms with Crippen molar-refractivity contribution >= 4 is 40.2 Å². The second-order valence-corrected chi connectivity index (χ2v) is 7.78. The van der Waals surface area contributed by atoms with Crippen LogP contribution in [-0.2, 0) is 11.5 Å². The van der Waals surface area contributed by atoms with Gasteiger partial charge in [0, 0.05) is 16.9 Å². The largest absolute Gasteiger partial charge is 0.478 e. The zero-order valence-electron chi connectivity index (χ0n) is 15.3. The summed E-state index contributed by atoms with van der Waals surface area (Å²) in [4.78, 5) is 43.3. The van der Waals surface area contributed by atoms with Crippen molar-refractivity contribution in [3.8, 4) is 0 Å². The Kier molecular flexibility index (Phi) is 4.03. The van der Waals surface area contributed by atoms with Gasteiger partial charge in [-0.05, 0) is 42.5 Å². The molecule has 5 rings (SSSR count). The van der Waals surface area contributed by atoms with E-state index in [9.17, 15) is 18.8 Å². The SMILES string of the molecule is O=C1Nc2ccc(F)cc2C1=c1sc2n(c1=O)CN(c1ccc(C(=O)O)cc1)CN=2. The van der Waals surface area contributed by atoms with Gasteiger partial charge in [0.1, 0.15) is 23.7 Å². The molecule has 150 valence electrons. The minimum atomic E-state index is -1.02. The van der Waals surface area contributed by atoms with Gasteiger partial charge in [0.2, 0.25) is 0 Å². The van der Waals surface area contributed by atoms with Crippen LogP contribution in [0.25, 0.3) is 5.57 Å². The Morgan fingerprint density at radius 3 is 2.67 bits per heavy atom. The maximum Gasteiger partial charge on any atom is 0.335 e. The van der Waals surface area contributed by atoms with Crippen LogP contribution >= 0.6 is 11.3 Å². The number of aromatic carboxylic acids is 1. The molecule has 0 radical (unpaired) electrons. The summed E-state index contributed by atoms with van der Waals surface area (Å²) in [5, 5.41) is 11.7. The first kappa shape index (κ1) is 18.3. The molecule has 10 heteroatoms. The van der Waals surface area contributed by atoms with Gasteiger partial charge in [-0.1, -0.05) is 11.3 Å². The average Bonchev–Trinajstić information content (AvgIpc) is 3.23. The first-order valence-electron chi connectivity index (χ1n) is 8.90. The minimum absolute atomic E-state index is 0.147. The highest BCUT2D eigenvalue weighted by Gasteiger charge is 2.28. The molecule has 0 aliphatic carbocycles. The molecule has 0 atom stereocenters. The molecule has 0 saturated carbocycles. The molecule has 3 aromatic rings. The summed E-state index contributed by atoms with van der Waals surface area (Å²) in [5.41, 5.74) is 1.47. The van der Waals surface area contributed by atoms with Crippen molar-refractivity contribution < 1.29 is 19.1 Å². The number of amides is 1. The lowest BCUT2D eigenvalue weighted by Gasteiger charge is -2.25. The molecule has 2 N–H and O–H groups in total. The third-order valence-corrected chi connectivity index (χ3v) is 6.10. The van der Waals surface area contributed by atoms with E-state index in [4.69, 9.17) is 5.11 Å². The molecular formula is C20H13FN4O4S. The van der Waals surface area contributed by atoms with Gasteiger partial charge in [0.15, 0.2) is 4.80 Å². The highest BCUT2D eigenvalue weighted by molar-refractivity contribution is 7.07. The first-order chi connectivity index (χ1) is 14.4. The van der Waals surface area contributed by atoms with Crippen LogP contribution < -0.4 is 25.1 Å². The van der Waals surface area contributed by atoms with Crippen LogP contribution in [0, 0.1) is 5.82 Å². The molecule has 0 unspecified atom stereocenters. The number of hydrogen-bond donors (Lipinski definition) is 2. The van der Waals surface area contributed by atoms with E-state index in [-0.39, 0.29) is 34.6 Å². The van der Waals surface area contributed by atoms with Gasteiger partial charge in [-0.25, -0.2) is 14.2 Å². The fraction of sp³-hybridized carbons (Fsp3) is 0.100. The van der Waals surface area contributed by atoms with E-state index in [2.05, 4.69) is 10.3 Å². The maximum atomic E-state index is 13.7. The van der Waals surface area contributed by atoms with Crippen LogP contribution in [0.5, 0.6) is 0 Å². The summed E-state index contributed by atoms with van der Waals surface area (Å²) in [6.45, 7) is 0.476. The van der Waals surface area contributed by atoms with Crippen molar-refractivity contribution in [3.63, 3.8) is 0 Å². The van der Waals surface area contributed by atoms with Gasteiger partial charge in [-0.2, -0.15) is 0 Å². The number of halogens is 1. The average molecular weight is 424 g/mol. The quantitative estimate of drug-likeness (QED) is 0.638. The molecule has 2 aromatic carbocycles. The van der Waals surface area contributed by atoms with Gasteiger partial charge in [0.25, 0.3) is 11.5 Å². The van der Waals surface area contributed by atoms with Crippen molar-refractivity contribution in [2.45, 2.75) is 6.67 Å². The fourth-order valence-electron chi connectivity index (χ4n) is 3.50. The molecular weight excluding hydrogens is 411 g/mol. The van der Waals surface area contributed by atoms with Gasteiger partial charge in [-0.3, -0.25) is 14.2 Å². The molecule has 3 heterocycles. The third-order valence-electron chi connectivity index (χ3n) is 4.99. The summed E-state index contributed by atoms with van der Waals surface area (Å²) in [5.74, 6) is -1.97. The number of aromatic nitrogens is 1. The molecule has 2 aliphatic heterocycles. The standard InChI is InChI=1S/C20H13FN4O4S/c21-11-3-6-14-13(7-11)15(17(26)23-14)16-18(27)25-9-24(8-22-20(25)30-16)12-4-1-10(2-5-12)19(28)29/h1-7H,8-9H2,(H,23,26)(H,28,29). The number of nitrogens with one attached hydrogen (secondary N) is 1. The summed E-state index contributed by atoms with van der Waals surface area (Å²) in [6.07, 6.45) is 0. The zero-order valence-corrected chi connectivity index (χ0v) is 16.1. The topological polar surface area (TPSA) is 104 Å². The monoisotopic (exact) mass is 424 g/mol. The lowest BCUT2D eigenvalue weighted by Crippen LogP contribution is -2.43. The Morgan fingerprint density at radius 2 is 1.93 bits per heavy atom. The van der Waals surface area contributed by atoms with E-state index in [1.807, 2.05) is 4.90 Å². The number of carbonyl (C=O) groups is 2. The number of carbonyl (C=O) groups excluding carboxylic acids is 1. The fourth-order valence-corrected chi connectivity index (χ4v) is 4.56. The Morgan fingerprint density at radius 1 is 1.17 bits per heavy atom. The van der Waals surface area contributed by atoms with Gasteiger partial charge in [-0.15, -0.1) is 0 Å². The summed E-state index contributed by atoms with van der Waals surface area (Å²) < 4.78 is 15.4. The lowest BCUT2D eigenvalue weighted by molar-refractivity contribution is -0.110. The van der Waals surface area contributed by atoms with Crippen molar-refractivity contribution in [2.75, 3.05) is 16.9 Å². The predicted molar refractivity (Wildman–Crippen MR) is 108 cm³/mol. The van der Waals surface area contributed by atoms with E-state index in [0.717, 1.165) is 11.3 Å². The maximum absolute atomic E-state index is 13.7. The van der Waals surface area contributed by atoms with E-state index >= 15 is 0 Å². The number of nitrogens with zero attached hydrogens (tertiary/aromatic N) is 3. The second kappa shape index (κ2) is 6.63.